The molecule has 13 heteroatoms. The predicted octanol–water partition coefficient (Wildman–Crippen LogP) is 6.38. The van der Waals surface area contributed by atoms with Gasteiger partial charge in [-0.3, -0.25) is 9.67 Å². The maximum atomic E-state index is 14.8. The Balaban J connectivity index is 1.62. The summed E-state index contributed by atoms with van der Waals surface area (Å²) in [5, 5.41) is 7.60. The summed E-state index contributed by atoms with van der Waals surface area (Å²) in [6, 6.07) is 11.0. The molecule has 0 saturated heterocycles. The number of benzene rings is 2. The first-order valence-electron chi connectivity index (χ1n) is 12.0. The van der Waals surface area contributed by atoms with Crippen LogP contribution < -0.4 is 14.8 Å². The number of anilines is 2. The van der Waals surface area contributed by atoms with Crippen LogP contribution in [0.3, 0.4) is 0 Å². The van der Waals surface area contributed by atoms with Gasteiger partial charge in [-0.25, -0.2) is 18.7 Å². The third-order valence-corrected chi connectivity index (χ3v) is 5.89. The van der Waals surface area contributed by atoms with Gasteiger partial charge in [0.2, 0.25) is 0 Å². The molecule has 0 aliphatic rings. The molecule has 0 saturated carbocycles. The van der Waals surface area contributed by atoms with Gasteiger partial charge in [0.1, 0.15) is 28.9 Å². The lowest BCUT2D eigenvalue weighted by molar-refractivity contribution is -0.141. The van der Waals surface area contributed by atoms with Gasteiger partial charge in [0.15, 0.2) is 17.3 Å². The molecule has 8 nitrogen and oxygen atoms in total. The van der Waals surface area contributed by atoms with Crippen LogP contribution in [-0.2, 0) is 12.7 Å². The number of hydrogen-bond donors (Lipinski definition) is 1. The number of nitrogens with one attached hydrogen (secondary N) is 1. The number of nitrogens with zero attached hydrogens (tertiary/aromatic N) is 5. The van der Waals surface area contributed by atoms with Gasteiger partial charge in [0.25, 0.3) is 0 Å². The zero-order valence-electron chi connectivity index (χ0n) is 21.1. The van der Waals surface area contributed by atoms with Crippen molar-refractivity contribution in [3.8, 4) is 23.0 Å². The van der Waals surface area contributed by atoms with E-state index in [1.807, 2.05) is 0 Å². The molecular formula is C27H21F5N6O2. The number of aromatic nitrogens is 5. The molecule has 2 aromatic carbocycles. The van der Waals surface area contributed by atoms with E-state index < -0.39 is 23.5 Å². The number of halogens is 5. The van der Waals surface area contributed by atoms with E-state index in [1.54, 1.807) is 31.2 Å². The van der Waals surface area contributed by atoms with Crippen molar-refractivity contribution in [1.82, 2.24) is 24.7 Å². The van der Waals surface area contributed by atoms with E-state index in [9.17, 15) is 22.0 Å². The van der Waals surface area contributed by atoms with E-state index >= 15 is 0 Å². The lowest BCUT2D eigenvalue weighted by atomic mass is 10.1. The van der Waals surface area contributed by atoms with E-state index in [2.05, 4.69) is 25.4 Å². The number of fused-ring (bicyclic) bond motifs is 1. The Kier molecular flexibility index (Phi) is 7.20. The highest BCUT2D eigenvalue weighted by molar-refractivity contribution is 5.92. The maximum absolute atomic E-state index is 14.8. The van der Waals surface area contributed by atoms with Crippen LogP contribution in [0.5, 0.6) is 11.5 Å². The van der Waals surface area contributed by atoms with Crippen molar-refractivity contribution < 1.29 is 31.4 Å². The topological polar surface area (TPSA) is 87.0 Å². The number of hydrogen-bond acceptors (Lipinski definition) is 7. The Morgan fingerprint density at radius 2 is 1.75 bits per heavy atom. The van der Waals surface area contributed by atoms with Gasteiger partial charge >= 0.3 is 6.18 Å². The van der Waals surface area contributed by atoms with Crippen LogP contribution in [0.15, 0.2) is 60.9 Å². The maximum Gasteiger partial charge on any atom is 0.433 e. The van der Waals surface area contributed by atoms with Gasteiger partial charge < -0.3 is 14.8 Å². The Hall–Kier alpha value is -4.81. The van der Waals surface area contributed by atoms with Crippen molar-refractivity contribution in [1.29, 1.82) is 0 Å². The summed E-state index contributed by atoms with van der Waals surface area (Å²) in [7, 11) is 1.39. The van der Waals surface area contributed by atoms with Crippen LogP contribution in [0.2, 0.25) is 0 Å². The molecule has 0 spiro atoms. The van der Waals surface area contributed by atoms with E-state index in [1.165, 1.54) is 30.3 Å². The summed E-state index contributed by atoms with van der Waals surface area (Å²) in [5.41, 5.74) is -0.766. The Bertz CT molecular complexity index is 1670. The van der Waals surface area contributed by atoms with Gasteiger partial charge in [-0.05, 0) is 19.1 Å². The van der Waals surface area contributed by atoms with Crippen LogP contribution in [0, 0.1) is 11.6 Å². The summed E-state index contributed by atoms with van der Waals surface area (Å²) in [4.78, 5) is 11.9. The summed E-state index contributed by atoms with van der Waals surface area (Å²) in [6.07, 6.45) is -1.97. The minimum Gasteiger partial charge on any atom is -0.494 e. The fourth-order valence-electron chi connectivity index (χ4n) is 4.09. The molecule has 0 aliphatic carbocycles. The summed E-state index contributed by atoms with van der Waals surface area (Å²) < 4.78 is 82.9. The second-order valence-corrected chi connectivity index (χ2v) is 8.48. The molecular weight excluding hydrogens is 535 g/mol. The van der Waals surface area contributed by atoms with Crippen LogP contribution in [0.25, 0.3) is 22.4 Å². The molecule has 0 bridgehead atoms. The van der Waals surface area contributed by atoms with Crippen LogP contribution in [-0.4, -0.2) is 38.4 Å². The summed E-state index contributed by atoms with van der Waals surface area (Å²) in [5.74, 6) is -1.90. The molecule has 1 N–H and O–H groups in total. The fourth-order valence-corrected chi connectivity index (χ4v) is 4.09. The highest BCUT2D eigenvalue weighted by Crippen LogP contribution is 2.35. The van der Waals surface area contributed by atoms with Gasteiger partial charge in [-0.2, -0.15) is 18.3 Å². The standard InChI is InChI=1S/C27H21F5N6O2/c1-3-40-15-10-18(28)17(19(29)11-15)14-38-21-7-5-4-6-16(21)25(37-38)26-35-23(27(30,31)32)12-24(36-26)34-20-8-9-33-13-22(20)39-2/h4-13H,3,14H2,1-2H3,(H,33,34,35,36). The first-order valence-corrected chi connectivity index (χ1v) is 12.0. The van der Waals surface area contributed by atoms with Gasteiger partial charge in [0.05, 0.1) is 37.7 Å². The Labute approximate surface area is 224 Å². The number of alkyl halides is 3. The highest BCUT2D eigenvalue weighted by Gasteiger charge is 2.34. The zero-order valence-corrected chi connectivity index (χ0v) is 21.1. The number of ether oxygens (including phenoxy) is 2. The van der Waals surface area contributed by atoms with Crippen molar-refractivity contribution in [2.24, 2.45) is 0 Å². The van der Waals surface area contributed by atoms with Crippen LogP contribution >= 0.6 is 0 Å². The SMILES string of the molecule is CCOc1cc(F)c(Cn2nc(-c3nc(Nc4ccncc4OC)cc(C(F)(F)F)n3)c3ccccc32)c(F)c1. The van der Waals surface area contributed by atoms with Crippen LogP contribution in [0.1, 0.15) is 18.2 Å². The highest BCUT2D eigenvalue weighted by atomic mass is 19.4. The van der Waals surface area contributed by atoms with Crippen molar-refractivity contribution >= 4 is 22.4 Å². The normalized spacial score (nSPS) is 11.6. The van der Waals surface area contributed by atoms with Crippen molar-refractivity contribution in [3.05, 3.63) is 83.8 Å². The first-order chi connectivity index (χ1) is 19.2. The molecule has 0 fully saturated rings. The zero-order chi connectivity index (χ0) is 28.4. The minimum atomic E-state index is -4.80. The van der Waals surface area contributed by atoms with Gasteiger partial charge in [-0.1, -0.05) is 18.2 Å². The van der Waals surface area contributed by atoms with Crippen molar-refractivity contribution in [3.63, 3.8) is 0 Å². The monoisotopic (exact) mass is 556 g/mol. The molecule has 0 radical (unpaired) electrons. The fraction of sp³-hybridized carbons (Fsp3) is 0.185. The molecule has 0 atom stereocenters. The van der Waals surface area contributed by atoms with Crippen molar-refractivity contribution in [2.45, 2.75) is 19.6 Å². The lowest BCUT2D eigenvalue weighted by Gasteiger charge is -2.13. The molecule has 3 aromatic heterocycles. The smallest absolute Gasteiger partial charge is 0.433 e. The second-order valence-electron chi connectivity index (χ2n) is 8.48. The number of rotatable bonds is 8. The third-order valence-electron chi connectivity index (χ3n) is 5.89. The van der Waals surface area contributed by atoms with Crippen molar-refractivity contribution in [2.75, 3.05) is 19.0 Å². The second kappa shape index (κ2) is 10.8. The first kappa shape index (κ1) is 26.8. The molecule has 0 amide bonds. The Morgan fingerprint density at radius 1 is 1.00 bits per heavy atom. The number of methoxy groups -OCH3 is 1. The molecule has 40 heavy (non-hydrogen) atoms. The van der Waals surface area contributed by atoms with E-state index in [-0.39, 0.29) is 47.6 Å². The average molecular weight is 556 g/mol. The molecule has 5 aromatic rings. The van der Waals surface area contributed by atoms with E-state index in [0.717, 1.165) is 18.2 Å². The van der Waals surface area contributed by atoms with Gasteiger partial charge in [-0.15, -0.1) is 0 Å². The molecule has 0 aliphatic heterocycles. The predicted molar refractivity (Wildman–Crippen MR) is 136 cm³/mol. The van der Waals surface area contributed by atoms with Crippen LogP contribution in [0.4, 0.5) is 33.5 Å². The molecule has 206 valence electrons. The van der Waals surface area contributed by atoms with E-state index in [4.69, 9.17) is 9.47 Å². The third kappa shape index (κ3) is 5.35. The molecule has 3 heterocycles. The lowest BCUT2D eigenvalue weighted by Crippen LogP contribution is -2.12. The quantitative estimate of drug-likeness (QED) is 0.222. The number of pyridine rings is 1. The van der Waals surface area contributed by atoms with Gasteiger partial charge in [0, 0.05) is 35.3 Å². The molecule has 5 rings (SSSR count). The minimum absolute atomic E-state index is 0.00167. The largest absolute Gasteiger partial charge is 0.494 e. The molecule has 0 unspecified atom stereocenters. The summed E-state index contributed by atoms with van der Waals surface area (Å²) in [6.45, 7) is 1.57. The van der Waals surface area contributed by atoms with E-state index in [0.29, 0.717) is 16.6 Å². The summed E-state index contributed by atoms with van der Waals surface area (Å²) >= 11 is 0. The number of para-hydroxylation sites is 1. The Morgan fingerprint density at radius 3 is 2.45 bits per heavy atom. The average Bonchev–Trinajstić information content (AvgIpc) is 3.29.